The number of nitrogens with zero attached hydrogens (tertiary/aromatic N) is 2. The summed E-state index contributed by atoms with van der Waals surface area (Å²) in [4.78, 5) is 10.6. The lowest BCUT2D eigenvalue weighted by Crippen LogP contribution is -2.15. The summed E-state index contributed by atoms with van der Waals surface area (Å²) >= 11 is 0. The molecule has 0 radical (unpaired) electrons. The standard InChI is InChI=1S/C9H14N2O3/c1-3-4-14-8-5-10-11(6-8)7(2)9(12)13/h5-7H,3-4H2,1-2H3,(H,12,13). The fourth-order valence-electron chi connectivity index (χ4n) is 0.940. The van der Waals surface area contributed by atoms with E-state index in [0.29, 0.717) is 12.4 Å². The second-order valence-electron chi connectivity index (χ2n) is 3.02. The minimum atomic E-state index is -0.907. The average Bonchev–Trinajstić information content (AvgIpc) is 2.61. The van der Waals surface area contributed by atoms with Crippen molar-refractivity contribution < 1.29 is 14.6 Å². The summed E-state index contributed by atoms with van der Waals surface area (Å²) in [6.07, 6.45) is 4.03. The van der Waals surface area contributed by atoms with Gasteiger partial charge in [-0.2, -0.15) is 5.10 Å². The summed E-state index contributed by atoms with van der Waals surface area (Å²) in [5, 5.41) is 12.6. The van der Waals surface area contributed by atoms with Crippen molar-refractivity contribution in [3.8, 4) is 5.75 Å². The molecule has 0 amide bonds. The van der Waals surface area contributed by atoms with E-state index in [1.165, 1.54) is 10.9 Å². The minimum Gasteiger partial charge on any atom is -0.490 e. The normalized spacial score (nSPS) is 12.4. The van der Waals surface area contributed by atoms with Gasteiger partial charge in [0.25, 0.3) is 0 Å². The Kier molecular flexibility index (Phi) is 3.50. The van der Waals surface area contributed by atoms with E-state index in [4.69, 9.17) is 9.84 Å². The number of aliphatic carboxylic acids is 1. The zero-order valence-electron chi connectivity index (χ0n) is 8.30. The van der Waals surface area contributed by atoms with Crippen molar-refractivity contribution in [2.24, 2.45) is 0 Å². The summed E-state index contributed by atoms with van der Waals surface area (Å²) in [5.74, 6) is -0.296. The Morgan fingerprint density at radius 2 is 2.50 bits per heavy atom. The van der Waals surface area contributed by atoms with Crippen LogP contribution in [-0.4, -0.2) is 27.5 Å². The number of carboxylic acid groups (broad SMARTS) is 1. The number of rotatable bonds is 5. The van der Waals surface area contributed by atoms with E-state index >= 15 is 0 Å². The number of carboxylic acids is 1. The molecule has 0 aliphatic heterocycles. The molecule has 1 rings (SSSR count). The van der Waals surface area contributed by atoms with Crippen molar-refractivity contribution in [3.05, 3.63) is 12.4 Å². The van der Waals surface area contributed by atoms with E-state index in [-0.39, 0.29) is 0 Å². The molecule has 14 heavy (non-hydrogen) atoms. The van der Waals surface area contributed by atoms with Gasteiger partial charge in [-0.05, 0) is 13.3 Å². The highest BCUT2D eigenvalue weighted by atomic mass is 16.5. The van der Waals surface area contributed by atoms with Crippen LogP contribution in [0.15, 0.2) is 12.4 Å². The molecular weight excluding hydrogens is 184 g/mol. The summed E-state index contributed by atoms with van der Waals surface area (Å²) in [6, 6.07) is -0.658. The van der Waals surface area contributed by atoms with Gasteiger partial charge in [0.2, 0.25) is 0 Å². The molecule has 5 heteroatoms. The summed E-state index contributed by atoms with van der Waals surface area (Å²) < 4.78 is 6.66. The quantitative estimate of drug-likeness (QED) is 0.774. The van der Waals surface area contributed by atoms with Gasteiger partial charge >= 0.3 is 5.97 Å². The summed E-state index contributed by atoms with van der Waals surface area (Å²) in [5.41, 5.74) is 0. The molecule has 1 aromatic heterocycles. The van der Waals surface area contributed by atoms with Crippen molar-refractivity contribution >= 4 is 5.97 Å². The molecule has 1 atom stereocenters. The van der Waals surface area contributed by atoms with Crippen LogP contribution < -0.4 is 4.74 Å². The maximum absolute atomic E-state index is 10.6. The van der Waals surface area contributed by atoms with Crippen molar-refractivity contribution in [2.45, 2.75) is 26.3 Å². The van der Waals surface area contributed by atoms with Gasteiger partial charge in [0.15, 0.2) is 5.75 Å². The Balaban J connectivity index is 2.63. The van der Waals surface area contributed by atoms with Crippen LogP contribution in [-0.2, 0) is 4.79 Å². The highest BCUT2D eigenvalue weighted by molar-refractivity contribution is 5.71. The second kappa shape index (κ2) is 4.64. The Hall–Kier alpha value is -1.52. The first-order valence-corrected chi connectivity index (χ1v) is 4.55. The highest BCUT2D eigenvalue weighted by Crippen LogP contribution is 2.12. The molecule has 0 spiro atoms. The molecule has 0 saturated carbocycles. The molecule has 0 aliphatic carbocycles. The van der Waals surface area contributed by atoms with Crippen LogP contribution in [0.3, 0.4) is 0 Å². The van der Waals surface area contributed by atoms with E-state index < -0.39 is 12.0 Å². The van der Waals surface area contributed by atoms with Gasteiger partial charge in [-0.3, -0.25) is 4.68 Å². The first-order valence-electron chi connectivity index (χ1n) is 4.55. The van der Waals surface area contributed by atoms with Gasteiger partial charge in [-0.1, -0.05) is 6.92 Å². The van der Waals surface area contributed by atoms with Crippen molar-refractivity contribution in [3.63, 3.8) is 0 Å². The zero-order chi connectivity index (χ0) is 10.6. The number of ether oxygens (including phenoxy) is 1. The van der Waals surface area contributed by atoms with E-state index in [1.807, 2.05) is 6.92 Å². The number of carbonyl (C=O) groups is 1. The maximum atomic E-state index is 10.6. The van der Waals surface area contributed by atoms with Gasteiger partial charge in [-0.15, -0.1) is 0 Å². The van der Waals surface area contributed by atoms with E-state index in [2.05, 4.69) is 5.10 Å². The number of hydrogen-bond acceptors (Lipinski definition) is 3. The number of aromatic nitrogens is 2. The monoisotopic (exact) mass is 198 g/mol. The SMILES string of the molecule is CCCOc1cnn(C(C)C(=O)O)c1. The third-order valence-corrected chi connectivity index (χ3v) is 1.80. The Morgan fingerprint density at radius 3 is 3.07 bits per heavy atom. The van der Waals surface area contributed by atoms with E-state index in [9.17, 15) is 4.79 Å². The zero-order valence-corrected chi connectivity index (χ0v) is 8.30. The largest absolute Gasteiger partial charge is 0.490 e. The summed E-state index contributed by atoms with van der Waals surface area (Å²) in [7, 11) is 0. The van der Waals surface area contributed by atoms with Gasteiger partial charge in [0.1, 0.15) is 6.04 Å². The average molecular weight is 198 g/mol. The van der Waals surface area contributed by atoms with Crippen LogP contribution in [0.4, 0.5) is 0 Å². The molecule has 0 aromatic carbocycles. The van der Waals surface area contributed by atoms with Gasteiger partial charge in [0, 0.05) is 0 Å². The van der Waals surface area contributed by atoms with Crippen LogP contribution >= 0.6 is 0 Å². The predicted octanol–water partition coefficient (Wildman–Crippen LogP) is 1.32. The molecule has 0 bridgehead atoms. The summed E-state index contributed by atoms with van der Waals surface area (Å²) in [6.45, 7) is 4.19. The van der Waals surface area contributed by atoms with Crippen LogP contribution in [0.5, 0.6) is 5.75 Å². The van der Waals surface area contributed by atoms with Crippen LogP contribution in [0.1, 0.15) is 26.3 Å². The Labute approximate surface area is 82.3 Å². The smallest absolute Gasteiger partial charge is 0.328 e. The third-order valence-electron chi connectivity index (χ3n) is 1.80. The Bertz CT molecular complexity index is 309. The van der Waals surface area contributed by atoms with Gasteiger partial charge < -0.3 is 9.84 Å². The van der Waals surface area contributed by atoms with Crippen LogP contribution in [0, 0.1) is 0 Å². The predicted molar refractivity (Wildman–Crippen MR) is 50.4 cm³/mol. The van der Waals surface area contributed by atoms with Crippen molar-refractivity contribution in [1.29, 1.82) is 0 Å². The second-order valence-corrected chi connectivity index (χ2v) is 3.02. The lowest BCUT2D eigenvalue weighted by Gasteiger charge is -2.05. The third kappa shape index (κ3) is 2.48. The maximum Gasteiger partial charge on any atom is 0.328 e. The topological polar surface area (TPSA) is 64.4 Å². The molecule has 0 aliphatic rings. The Morgan fingerprint density at radius 1 is 1.79 bits per heavy atom. The van der Waals surface area contributed by atoms with E-state index in [0.717, 1.165) is 6.42 Å². The van der Waals surface area contributed by atoms with Crippen LogP contribution in [0.2, 0.25) is 0 Å². The van der Waals surface area contributed by atoms with Gasteiger partial charge in [-0.25, -0.2) is 4.79 Å². The van der Waals surface area contributed by atoms with Crippen LogP contribution in [0.25, 0.3) is 0 Å². The molecule has 1 N–H and O–H groups in total. The molecule has 1 unspecified atom stereocenters. The molecule has 78 valence electrons. The molecule has 1 aromatic rings. The minimum absolute atomic E-state index is 0.611. The van der Waals surface area contributed by atoms with E-state index in [1.54, 1.807) is 13.1 Å². The fourth-order valence-corrected chi connectivity index (χ4v) is 0.940. The lowest BCUT2D eigenvalue weighted by atomic mass is 10.3. The first kappa shape index (κ1) is 10.6. The number of hydrogen-bond donors (Lipinski definition) is 1. The van der Waals surface area contributed by atoms with Gasteiger partial charge in [0.05, 0.1) is 19.0 Å². The van der Waals surface area contributed by atoms with Crippen molar-refractivity contribution in [1.82, 2.24) is 9.78 Å². The molecule has 0 saturated heterocycles. The highest BCUT2D eigenvalue weighted by Gasteiger charge is 2.14. The molecule has 5 nitrogen and oxygen atoms in total. The first-order chi connectivity index (χ1) is 6.65. The molecule has 1 heterocycles. The van der Waals surface area contributed by atoms with Crippen molar-refractivity contribution in [2.75, 3.05) is 6.61 Å². The lowest BCUT2D eigenvalue weighted by molar-refractivity contribution is -0.140. The molecular formula is C9H14N2O3. The fraction of sp³-hybridized carbons (Fsp3) is 0.556. The molecule has 0 fully saturated rings.